The molecule has 1 aromatic rings. The van der Waals surface area contributed by atoms with Crippen molar-refractivity contribution in [3.05, 3.63) is 38.3 Å². The third kappa shape index (κ3) is 2.78. The van der Waals surface area contributed by atoms with Gasteiger partial charge in [0.2, 0.25) is 0 Å². The molecule has 16 heavy (non-hydrogen) atoms. The molecular weight excluding hydrogens is 276 g/mol. The smallest absolute Gasteiger partial charge is 0.270 e. The zero-order valence-corrected chi connectivity index (χ0v) is 10.1. The molecule has 0 radical (unpaired) electrons. The van der Waals surface area contributed by atoms with Gasteiger partial charge in [0.25, 0.3) is 5.69 Å². The van der Waals surface area contributed by atoms with Crippen molar-refractivity contribution in [2.45, 2.75) is 12.6 Å². The molecule has 1 aliphatic heterocycles. The fraction of sp³-hybridized carbons (Fsp3) is 0.400. The molecule has 0 spiro atoms. The van der Waals surface area contributed by atoms with E-state index in [0.717, 1.165) is 23.2 Å². The molecule has 1 aliphatic rings. The maximum absolute atomic E-state index is 10.7. The number of non-ortho nitro benzene ring substituents is 1. The maximum Gasteiger partial charge on any atom is 0.270 e. The van der Waals surface area contributed by atoms with E-state index in [4.69, 9.17) is 4.74 Å². The summed E-state index contributed by atoms with van der Waals surface area (Å²) in [6.45, 7) is 2.06. The van der Waals surface area contributed by atoms with E-state index in [-0.39, 0.29) is 10.6 Å². The lowest BCUT2D eigenvalue weighted by Gasteiger charge is -2.26. The highest BCUT2D eigenvalue weighted by Crippen LogP contribution is 2.21. The van der Waals surface area contributed by atoms with Crippen LogP contribution >= 0.6 is 15.9 Å². The van der Waals surface area contributed by atoms with E-state index in [1.165, 1.54) is 6.07 Å². The molecule has 5 nitrogen and oxygen atoms in total. The topological polar surface area (TPSA) is 64.4 Å². The van der Waals surface area contributed by atoms with E-state index in [0.29, 0.717) is 12.6 Å². The Morgan fingerprint density at radius 2 is 2.25 bits per heavy atom. The van der Waals surface area contributed by atoms with Crippen LogP contribution in [0.4, 0.5) is 5.69 Å². The molecule has 0 saturated carbocycles. The molecule has 86 valence electrons. The van der Waals surface area contributed by atoms with Gasteiger partial charge in [-0.25, -0.2) is 0 Å². The summed E-state index contributed by atoms with van der Waals surface area (Å²) in [5, 5.41) is 13.9. The summed E-state index contributed by atoms with van der Waals surface area (Å²) in [6, 6.07) is 5.32. The predicted octanol–water partition coefficient (Wildman–Crippen LogP) is 1.85. The molecule has 1 heterocycles. The van der Waals surface area contributed by atoms with Crippen LogP contribution in [0.3, 0.4) is 0 Å². The minimum absolute atomic E-state index is 0.107. The van der Waals surface area contributed by atoms with E-state index in [1.54, 1.807) is 6.07 Å². The van der Waals surface area contributed by atoms with E-state index in [2.05, 4.69) is 21.2 Å². The first-order chi connectivity index (χ1) is 7.65. The monoisotopic (exact) mass is 286 g/mol. The van der Waals surface area contributed by atoms with E-state index in [9.17, 15) is 10.1 Å². The van der Waals surface area contributed by atoms with Crippen LogP contribution in [0.5, 0.6) is 0 Å². The molecule has 1 fully saturated rings. The number of nitrogens with zero attached hydrogens (tertiary/aromatic N) is 1. The lowest BCUT2D eigenvalue weighted by Crippen LogP contribution is -2.45. The van der Waals surface area contributed by atoms with Gasteiger partial charge in [0.1, 0.15) is 0 Å². The number of rotatable bonds is 4. The average Bonchev–Trinajstić information content (AvgIpc) is 2.14. The molecule has 1 saturated heterocycles. The Kier molecular flexibility index (Phi) is 3.52. The van der Waals surface area contributed by atoms with Crippen LogP contribution in [-0.2, 0) is 11.3 Å². The number of nitrogens with one attached hydrogen (secondary N) is 1. The normalized spacial score (nSPS) is 15.8. The highest BCUT2D eigenvalue weighted by molar-refractivity contribution is 9.10. The number of hydrogen-bond acceptors (Lipinski definition) is 4. The summed E-state index contributed by atoms with van der Waals surface area (Å²) in [5.41, 5.74) is 1.00. The Morgan fingerprint density at radius 3 is 2.81 bits per heavy atom. The number of benzene rings is 1. The summed E-state index contributed by atoms with van der Waals surface area (Å²) >= 11 is 3.26. The van der Waals surface area contributed by atoms with Crippen molar-refractivity contribution in [3.8, 4) is 0 Å². The number of halogens is 1. The van der Waals surface area contributed by atoms with Gasteiger partial charge in [-0.15, -0.1) is 0 Å². The Morgan fingerprint density at radius 1 is 1.50 bits per heavy atom. The van der Waals surface area contributed by atoms with Crippen LogP contribution in [0.1, 0.15) is 5.56 Å². The Bertz CT molecular complexity index is 407. The van der Waals surface area contributed by atoms with Gasteiger partial charge in [-0.3, -0.25) is 10.1 Å². The molecular formula is C10H11BrN2O3. The Labute approximate surface area is 101 Å². The summed E-state index contributed by atoms with van der Waals surface area (Å²) in [5.74, 6) is 0. The van der Waals surface area contributed by atoms with Crippen LogP contribution in [-0.4, -0.2) is 24.2 Å². The van der Waals surface area contributed by atoms with Crippen molar-refractivity contribution in [1.29, 1.82) is 0 Å². The highest BCUT2D eigenvalue weighted by Gasteiger charge is 2.17. The first kappa shape index (κ1) is 11.5. The molecule has 0 unspecified atom stereocenters. The number of ether oxygens (including phenoxy) is 1. The van der Waals surface area contributed by atoms with Crippen LogP contribution < -0.4 is 5.32 Å². The van der Waals surface area contributed by atoms with Crippen molar-refractivity contribution in [1.82, 2.24) is 5.32 Å². The second-order valence-electron chi connectivity index (χ2n) is 3.69. The van der Waals surface area contributed by atoms with Crippen molar-refractivity contribution < 1.29 is 9.66 Å². The molecule has 1 N–H and O–H groups in total. The summed E-state index contributed by atoms with van der Waals surface area (Å²) < 4.78 is 5.75. The van der Waals surface area contributed by atoms with Gasteiger partial charge < -0.3 is 10.1 Å². The minimum atomic E-state index is -0.388. The second-order valence-corrected chi connectivity index (χ2v) is 4.61. The van der Waals surface area contributed by atoms with Crippen LogP contribution in [0.25, 0.3) is 0 Å². The largest absolute Gasteiger partial charge is 0.378 e. The number of nitro groups is 1. The molecule has 0 aromatic heterocycles. The van der Waals surface area contributed by atoms with Crippen molar-refractivity contribution in [2.24, 2.45) is 0 Å². The summed E-state index contributed by atoms with van der Waals surface area (Å²) in [6.07, 6.45) is 0. The SMILES string of the molecule is O=[N+]([O-])c1cc(Br)cc(CNC2COC2)c1. The summed E-state index contributed by atoms with van der Waals surface area (Å²) in [4.78, 5) is 10.3. The van der Waals surface area contributed by atoms with Gasteiger partial charge >= 0.3 is 0 Å². The lowest BCUT2D eigenvalue weighted by atomic mass is 10.2. The lowest BCUT2D eigenvalue weighted by molar-refractivity contribution is -0.385. The third-order valence-corrected chi connectivity index (χ3v) is 2.84. The standard InChI is InChI=1S/C10H11BrN2O3/c11-8-1-7(2-10(3-8)13(14)15)4-12-9-5-16-6-9/h1-3,9,12H,4-6H2. The maximum atomic E-state index is 10.7. The molecule has 6 heteroatoms. The third-order valence-electron chi connectivity index (χ3n) is 2.39. The van der Waals surface area contributed by atoms with E-state index < -0.39 is 0 Å². The number of nitro benzene ring substituents is 1. The predicted molar refractivity (Wildman–Crippen MR) is 62.2 cm³/mol. The fourth-order valence-electron chi connectivity index (χ4n) is 1.46. The molecule has 0 amide bonds. The van der Waals surface area contributed by atoms with Gasteiger partial charge in [0, 0.05) is 23.2 Å². The van der Waals surface area contributed by atoms with Gasteiger partial charge in [-0.1, -0.05) is 15.9 Å². The second kappa shape index (κ2) is 4.90. The molecule has 0 bridgehead atoms. The quantitative estimate of drug-likeness (QED) is 0.678. The molecule has 1 aromatic carbocycles. The van der Waals surface area contributed by atoms with Gasteiger partial charge in [-0.05, 0) is 11.6 Å². The summed E-state index contributed by atoms with van der Waals surface area (Å²) in [7, 11) is 0. The Hall–Kier alpha value is -0.980. The zero-order valence-electron chi connectivity index (χ0n) is 8.48. The van der Waals surface area contributed by atoms with Crippen LogP contribution in [0.2, 0.25) is 0 Å². The Balaban J connectivity index is 2.04. The molecule has 2 rings (SSSR count). The van der Waals surface area contributed by atoms with Crippen LogP contribution in [0.15, 0.2) is 22.7 Å². The minimum Gasteiger partial charge on any atom is -0.378 e. The van der Waals surface area contributed by atoms with Crippen molar-refractivity contribution in [2.75, 3.05) is 13.2 Å². The van der Waals surface area contributed by atoms with Crippen molar-refractivity contribution >= 4 is 21.6 Å². The number of hydrogen-bond donors (Lipinski definition) is 1. The molecule has 0 atom stereocenters. The van der Waals surface area contributed by atoms with Crippen molar-refractivity contribution in [3.63, 3.8) is 0 Å². The first-order valence-corrected chi connectivity index (χ1v) is 5.69. The van der Waals surface area contributed by atoms with E-state index >= 15 is 0 Å². The van der Waals surface area contributed by atoms with Gasteiger partial charge in [0.05, 0.1) is 24.2 Å². The fourth-order valence-corrected chi connectivity index (χ4v) is 1.99. The molecule has 0 aliphatic carbocycles. The zero-order chi connectivity index (χ0) is 11.5. The van der Waals surface area contributed by atoms with E-state index in [1.807, 2.05) is 6.07 Å². The van der Waals surface area contributed by atoms with Gasteiger partial charge in [0.15, 0.2) is 0 Å². The van der Waals surface area contributed by atoms with Gasteiger partial charge in [-0.2, -0.15) is 0 Å². The first-order valence-electron chi connectivity index (χ1n) is 4.90. The average molecular weight is 287 g/mol. The highest BCUT2D eigenvalue weighted by atomic mass is 79.9. The van der Waals surface area contributed by atoms with Crippen LogP contribution in [0, 0.1) is 10.1 Å².